The Morgan fingerprint density at radius 1 is 1.23 bits per heavy atom. The van der Waals surface area contributed by atoms with Crippen molar-refractivity contribution >= 4 is 10.0 Å². The lowest BCUT2D eigenvalue weighted by atomic mass is 10.1. The lowest BCUT2D eigenvalue weighted by Gasteiger charge is -2.16. The summed E-state index contributed by atoms with van der Waals surface area (Å²) in [5.41, 5.74) is -0.571. The molecule has 0 aliphatic heterocycles. The third-order valence-corrected chi connectivity index (χ3v) is 5.46. The van der Waals surface area contributed by atoms with Gasteiger partial charge < -0.3 is 9.47 Å². The summed E-state index contributed by atoms with van der Waals surface area (Å²) in [6.45, 7) is 0.848. The first-order valence-electron chi connectivity index (χ1n) is 9.05. The van der Waals surface area contributed by atoms with Gasteiger partial charge in [-0.15, -0.1) is 0 Å². The molecule has 2 aromatic rings. The molecule has 1 aromatic carbocycles. The highest BCUT2D eigenvalue weighted by Crippen LogP contribution is 2.20. The topological polar surface area (TPSA) is 119 Å². The van der Waals surface area contributed by atoms with E-state index in [1.165, 1.54) is 24.4 Å². The van der Waals surface area contributed by atoms with Gasteiger partial charge in [0.05, 0.1) is 5.75 Å². The fourth-order valence-electron chi connectivity index (χ4n) is 2.49. The van der Waals surface area contributed by atoms with Gasteiger partial charge >= 0.3 is 5.69 Å². The molecule has 0 saturated heterocycles. The van der Waals surface area contributed by atoms with E-state index in [1.807, 2.05) is 0 Å². The smallest absolute Gasteiger partial charge is 0.330 e. The van der Waals surface area contributed by atoms with Gasteiger partial charge in [-0.3, -0.25) is 14.3 Å². The molecule has 0 aliphatic carbocycles. The molecule has 0 spiro atoms. The summed E-state index contributed by atoms with van der Waals surface area (Å²) >= 11 is 0. The molecule has 2 N–H and O–H groups in total. The number of H-pyrrole nitrogens is 1. The van der Waals surface area contributed by atoms with Crippen LogP contribution >= 0.6 is 0 Å². The quantitative estimate of drug-likeness (QED) is 0.472. The van der Waals surface area contributed by atoms with Crippen molar-refractivity contribution in [3.05, 3.63) is 62.9 Å². The summed E-state index contributed by atoms with van der Waals surface area (Å²) in [7, 11) is -3.63. The molecule has 12 heteroatoms. The van der Waals surface area contributed by atoms with Gasteiger partial charge in [0.2, 0.25) is 10.0 Å². The van der Waals surface area contributed by atoms with Crippen molar-refractivity contribution in [2.75, 3.05) is 19.0 Å². The number of aromatic amines is 1. The summed E-state index contributed by atoms with van der Waals surface area (Å²) in [6.07, 6.45) is -1.15. The second-order valence-electron chi connectivity index (χ2n) is 6.40. The molecule has 9 nitrogen and oxygen atoms in total. The largest absolute Gasteiger partial charge is 0.488 e. The molecule has 2 rings (SSSR count). The zero-order valence-electron chi connectivity index (χ0n) is 16.2. The third-order valence-electron chi connectivity index (χ3n) is 3.92. The van der Waals surface area contributed by atoms with Crippen LogP contribution in [0.3, 0.4) is 0 Å². The molecule has 1 atom stereocenters. The summed E-state index contributed by atoms with van der Waals surface area (Å²) in [4.78, 5) is 24.5. The summed E-state index contributed by atoms with van der Waals surface area (Å²) in [5.74, 6) is 0.0177. The van der Waals surface area contributed by atoms with E-state index in [-0.39, 0.29) is 31.3 Å². The first-order chi connectivity index (χ1) is 14.2. The van der Waals surface area contributed by atoms with Crippen molar-refractivity contribution in [1.29, 1.82) is 0 Å². The van der Waals surface area contributed by atoms with Crippen LogP contribution in [-0.2, 0) is 21.5 Å². The molecular formula is C18H23F2N3O6S. The van der Waals surface area contributed by atoms with Crippen molar-refractivity contribution in [2.24, 2.45) is 0 Å². The van der Waals surface area contributed by atoms with Gasteiger partial charge in [0.1, 0.15) is 19.1 Å². The maximum Gasteiger partial charge on any atom is 0.330 e. The highest BCUT2D eigenvalue weighted by atomic mass is 32.2. The minimum atomic E-state index is -3.63. The molecule has 0 unspecified atom stereocenters. The molecule has 1 heterocycles. The van der Waals surface area contributed by atoms with Crippen LogP contribution < -0.4 is 20.7 Å². The molecule has 0 fully saturated rings. The Labute approximate surface area is 171 Å². The number of rotatable bonds is 12. The Hall–Kier alpha value is -2.57. The summed E-state index contributed by atoms with van der Waals surface area (Å²) in [6, 6.07) is 6.85. The van der Waals surface area contributed by atoms with Crippen LogP contribution in [0.25, 0.3) is 0 Å². The van der Waals surface area contributed by atoms with Crippen LogP contribution in [0.4, 0.5) is 8.78 Å². The van der Waals surface area contributed by atoms with Gasteiger partial charge in [0.25, 0.3) is 12.0 Å². The van der Waals surface area contributed by atoms with Crippen LogP contribution in [0, 0.1) is 0 Å². The number of halogens is 2. The van der Waals surface area contributed by atoms with Crippen LogP contribution in [0.5, 0.6) is 5.75 Å². The summed E-state index contributed by atoms with van der Waals surface area (Å²) < 4.78 is 62.8. The average molecular weight is 447 g/mol. The van der Waals surface area contributed by atoms with Crippen molar-refractivity contribution in [3.63, 3.8) is 0 Å². The number of ether oxygens (including phenoxy) is 2. The van der Waals surface area contributed by atoms with Gasteiger partial charge in [-0.05, 0) is 31.0 Å². The first-order valence-corrected chi connectivity index (χ1v) is 10.7. The van der Waals surface area contributed by atoms with Crippen LogP contribution in [-0.4, -0.2) is 43.4 Å². The third kappa shape index (κ3) is 8.05. The number of hydrogen-bond acceptors (Lipinski definition) is 6. The average Bonchev–Trinajstić information content (AvgIpc) is 2.67. The number of hydrogen-bond donors (Lipinski definition) is 2. The van der Waals surface area contributed by atoms with E-state index in [0.717, 1.165) is 4.57 Å². The van der Waals surface area contributed by atoms with Gasteiger partial charge in [0, 0.05) is 24.9 Å². The van der Waals surface area contributed by atoms with Crippen LogP contribution in [0.15, 0.2) is 46.1 Å². The van der Waals surface area contributed by atoms with Gasteiger partial charge in [-0.2, -0.15) is 0 Å². The first kappa shape index (κ1) is 23.7. The zero-order chi connectivity index (χ0) is 22.1. The zero-order valence-corrected chi connectivity index (χ0v) is 17.0. The van der Waals surface area contributed by atoms with E-state index in [9.17, 15) is 26.8 Å². The van der Waals surface area contributed by atoms with Crippen molar-refractivity contribution < 1.29 is 26.7 Å². The van der Waals surface area contributed by atoms with Gasteiger partial charge in [-0.1, -0.05) is 12.1 Å². The lowest BCUT2D eigenvalue weighted by molar-refractivity contribution is 0.0744. The second kappa shape index (κ2) is 11.0. The second-order valence-corrected chi connectivity index (χ2v) is 8.28. The Balaban J connectivity index is 1.79. The van der Waals surface area contributed by atoms with Crippen molar-refractivity contribution in [1.82, 2.24) is 14.3 Å². The van der Waals surface area contributed by atoms with Crippen LogP contribution in [0.2, 0.25) is 0 Å². The van der Waals surface area contributed by atoms with E-state index in [2.05, 4.69) is 9.71 Å². The molecule has 30 heavy (non-hydrogen) atoms. The van der Waals surface area contributed by atoms with E-state index in [0.29, 0.717) is 5.56 Å². The van der Waals surface area contributed by atoms with E-state index in [1.54, 1.807) is 19.1 Å². The molecule has 0 amide bonds. The predicted molar refractivity (Wildman–Crippen MR) is 105 cm³/mol. The van der Waals surface area contributed by atoms with Gasteiger partial charge in [0.15, 0.2) is 0 Å². The van der Waals surface area contributed by atoms with Gasteiger partial charge in [-0.25, -0.2) is 26.7 Å². The highest BCUT2D eigenvalue weighted by molar-refractivity contribution is 7.89. The molecule has 0 aliphatic rings. The fraction of sp³-hybridized carbons (Fsp3) is 0.444. The number of nitrogens with zero attached hydrogens (tertiary/aromatic N) is 1. The number of alkyl halides is 2. The number of aromatic nitrogens is 2. The Kier molecular flexibility index (Phi) is 8.69. The summed E-state index contributed by atoms with van der Waals surface area (Å²) in [5, 5.41) is 0. The molecule has 0 saturated carbocycles. The predicted octanol–water partition coefficient (Wildman–Crippen LogP) is 1.23. The van der Waals surface area contributed by atoms with Crippen molar-refractivity contribution in [3.8, 4) is 5.75 Å². The normalized spacial score (nSPS) is 12.8. The molecule has 166 valence electrons. The highest BCUT2D eigenvalue weighted by Gasteiger charge is 2.16. The Bertz CT molecular complexity index is 1040. The fourth-order valence-corrected chi connectivity index (χ4v) is 3.78. The monoisotopic (exact) mass is 447 g/mol. The molecule has 1 aromatic heterocycles. The maximum atomic E-state index is 12.2. The number of sulfonamides is 1. The Morgan fingerprint density at radius 3 is 2.70 bits per heavy atom. The van der Waals surface area contributed by atoms with Crippen molar-refractivity contribution in [2.45, 2.75) is 32.5 Å². The molecular weight excluding hydrogens is 424 g/mol. The molecule has 0 bridgehead atoms. The SMILES string of the molecule is C[C@@H](NS(=O)(=O)CCCOCn1ccc(=O)[nH]c1=O)c1cccc(OCC(F)F)c1. The number of nitrogens with one attached hydrogen (secondary N) is 2. The Morgan fingerprint density at radius 2 is 2.00 bits per heavy atom. The van der Waals surface area contributed by atoms with E-state index >= 15 is 0 Å². The molecule has 0 radical (unpaired) electrons. The van der Waals surface area contributed by atoms with E-state index < -0.39 is 40.3 Å². The standard InChI is InChI=1S/C18H23F2N3O6S/c1-13(14-4-2-5-15(10-14)29-11-16(19)20)22-30(26,27)9-3-8-28-12-23-7-6-17(24)21-18(23)25/h2,4-7,10,13,16,22H,3,8-9,11-12H2,1H3,(H,21,24,25)/t13-/m1/s1. The van der Waals surface area contributed by atoms with E-state index in [4.69, 9.17) is 9.47 Å². The van der Waals surface area contributed by atoms with Crippen LogP contribution in [0.1, 0.15) is 24.9 Å². The minimum absolute atomic E-state index is 0.0812. The lowest BCUT2D eigenvalue weighted by Crippen LogP contribution is -2.30. The maximum absolute atomic E-state index is 12.2. The number of benzene rings is 1. The minimum Gasteiger partial charge on any atom is -0.488 e.